The van der Waals surface area contributed by atoms with Crippen molar-refractivity contribution in [1.82, 2.24) is 14.8 Å². The van der Waals surface area contributed by atoms with E-state index in [0.29, 0.717) is 18.8 Å². The van der Waals surface area contributed by atoms with Gasteiger partial charge in [0.05, 0.1) is 12.7 Å². The van der Waals surface area contributed by atoms with Crippen LogP contribution in [-0.2, 0) is 9.47 Å². The molecular weight excluding hydrogens is 258 g/mol. The number of carbonyl (C=O) groups is 1. The van der Waals surface area contributed by atoms with Gasteiger partial charge in [0.1, 0.15) is 0 Å². The lowest BCUT2D eigenvalue weighted by Gasteiger charge is -2.09. The van der Waals surface area contributed by atoms with E-state index < -0.39 is 5.97 Å². The zero-order valence-electron chi connectivity index (χ0n) is 11.5. The molecule has 1 atom stereocenters. The van der Waals surface area contributed by atoms with Gasteiger partial charge in [-0.15, -0.1) is 0 Å². The largest absolute Gasteiger partial charge is 0.461 e. The van der Waals surface area contributed by atoms with Gasteiger partial charge >= 0.3 is 5.97 Å². The molecule has 20 heavy (non-hydrogen) atoms. The predicted molar refractivity (Wildman–Crippen MR) is 72.7 cm³/mol. The fourth-order valence-electron chi connectivity index (χ4n) is 1.58. The van der Waals surface area contributed by atoms with Crippen molar-refractivity contribution in [2.45, 2.75) is 19.4 Å². The number of esters is 1. The minimum atomic E-state index is -0.442. The summed E-state index contributed by atoms with van der Waals surface area (Å²) in [6.07, 6.45) is 4.13. The number of carbonyl (C=O) groups excluding carboxylic acids is 1. The number of hydrogen-bond donors (Lipinski definition) is 0. The van der Waals surface area contributed by atoms with Crippen molar-refractivity contribution in [2.24, 2.45) is 0 Å². The van der Waals surface area contributed by atoms with Crippen LogP contribution in [0.4, 0.5) is 0 Å². The Balaban J connectivity index is 1.98. The van der Waals surface area contributed by atoms with Crippen LogP contribution in [0.5, 0.6) is 0 Å². The summed E-state index contributed by atoms with van der Waals surface area (Å²) in [5.41, 5.74) is 0.267. The third-order valence-corrected chi connectivity index (χ3v) is 2.84. The Bertz CT molecular complexity index is 555. The molecule has 2 heterocycles. The van der Waals surface area contributed by atoms with Gasteiger partial charge in [-0.1, -0.05) is 6.07 Å². The van der Waals surface area contributed by atoms with Crippen LogP contribution in [-0.4, -0.2) is 40.6 Å². The van der Waals surface area contributed by atoms with Crippen LogP contribution in [0.15, 0.2) is 36.7 Å². The maximum atomic E-state index is 11.9. The molecule has 106 valence electrons. The minimum absolute atomic E-state index is 0.0613. The molecule has 0 aliphatic heterocycles. The molecule has 6 heteroatoms. The molecule has 0 aliphatic carbocycles. The van der Waals surface area contributed by atoms with E-state index in [1.807, 2.05) is 6.92 Å². The van der Waals surface area contributed by atoms with Gasteiger partial charge in [0.15, 0.2) is 11.5 Å². The summed E-state index contributed by atoms with van der Waals surface area (Å²) in [6, 6.07) is 6.93. The maximum absolute atomic E-state index is 11.9. The smallest absolute Gasteiger partial charge is 0.357 e. The van der Waals surface area contributed by atoms with E-state index in [0.717, 1.165) is 0 Å². The van der Waals surface area contributed by atoms with Gasteiger partial charge < -0.3 is 9.47 Å². The van der Waals surface area contributed by atoms with E-state index >= 15 is 0 Å². The first-order chi connectivity index (χ1) is 9.70. The summed E-state index contributed by atoms with van der Waals surface area (Å²) in [7, 11) is 1.63. The fraction of sp³-hybridized carbons (Fsp3) is 0.357. The van der Waals surface area contributed by atoms with Crippen molar-refractivity contribution in [2.75, 3.05) is 13.7 Å². The Labute approximate surface area is 117 Å². The van der Waals surface area contributed by atoms with Crippen molar-refractivity contribution < 1.29 is 14.3 Å². The summed E-state index contributed by atoms with van der Waals surface area (Å²) in [6.45, 7) is 2.23. The summed E-state index contributed by atoms with van der Waals surface area (Å²) in [5.74, 6) is 0.136. The highest BCUT2D eigenvalue weighted by molar-refractivity contribution is 5.87. The molecule has 0 spiro atoms. The lowest BCUT2D eigenvalue weighted by molar-refractivity contribution is 0.0385. The molecule has 0 fully saturated rings. The molecule has 6 nitrogen and oxygen atoms in total. The van der Waals surface area contributed by atoms with Gasteiger partial charge in [-0.05, 0) is 25.1 Å². The third-order valence-electron chi connectivity index (χ3n) is 2.84. The summed E-state index contributed by atoms with van der Waals surface area (Å²) in [5, 5.41) is 4.07. The number of ether oxygens (including phenoxy) is 2. The monoisotopic (exact) mass is 275 g/mol. The Hall–Kier alpha value is -2.21. The van der Waals surface area contributed by atoms with Crippen LogP contribution in [0, 0.1) is 0 Å². The highest BCUT2D eigenvalue weighted by Gasteiger charge is 2.11. The van der Waals surface area contributed by atoms with Crippen LogP contribution in [0.25, 0.3) is 5.82 Å². The van der Waals surface area contributed by atoms with Gasteiger partial charge in [-0.25, -0.2) is 14.5 Å². The van der Waals surface area contributed by atoms with Crippen LogP contribution >= 0.6 is 0 Å². The molecule has 0 bridgehead atoms. The average Bonchev–Trinajstić information content (AvgIpc) is 3.01. The predicted octanol–water partition coefficient (Wildman–Crippen LogP) is 1.85. The molecule has 0 saturated heterocycles. The number of rotatable bonds is 6. The standard InChI is InChI=1S/C14H17N3O3/c1-11(19-2)7-10-20-14(18)12-5-3-6-13(16-12)17-9-4-8-15-17/h3-6,8-9,11H,7,10H2,1-2H3/t11-/m0/s1. The Morgan fingerprint density at radius 3 is 2.95 bits per heavy atom. The quantitative estimate of drug-likeness (QED) is 0.753. The summed E-state index contributed by atoms with van der Waals surface area (Å²) >= 11 is 0. The molecule has 2 rings (SSSR count). The number of methoxy groups -OCH3 is 1. The molecule has 0 N–H and O–H groups in total. The summed E-state index contributed by atoms with van der Waals surface area (Å²) < 4.78 is 11.8. The van der Waals surface area contributed by atoms with Crippen molar-refractivity contribution in [3.63, 3.8) is 0 Å². The number of aromatic nitrogens is 3. The second-order valence-corrected chi connectivity index (χ2v) is 4.30. The van der Waals surface area contributed by atoms with Crippen LogP contribution in [0.2, 0.25) is 0 Å². The Kier molecular flexibility index (Phi) is 4.84. The Morgan fingerprint density at radius 1 is 1.40 bits per heavy atom. The lowest BCUT2D eigenvalue weighted by atomic mass is 10.3. The zero-order valence-corrected chi connectivity index (χ0v) is 11.5. The van der Waals surface area contributed by atoms with Crippen LogP contribution in [0.3, 0.4) is 0 Å². The molecule has 0 radical (unpaired) electrons. The van der Waals surface area contributed by atoms with E-state index in [1.165, 1.54) is 0 Å². The van der Waals surface area contributed by atoms with Gasteiger partial charge in [-0.3, -0.25) is 0 Å². The zero-order chi connectivity index (χ0) is 14.4. The summed E-state index contributed by atoms with van der Waals surface area (Å²) in [4.78, 5) is 16.1. The highest BCUT2D eigenvalue weighted by atomic mass is 16.5. The second-order valence-electron chi connectivity index (χ2n) is 4.30. The van der Waals surface area contributed by atoms with E-state index in [9.17, 15) is 4.79 Å². The third kappa shape index (κ3) is 3.64. The van der Waals surface area contributed by atoms with Crippen molar-refractivity contribution >= 4 is 5.97 Å². The minimum Gasteiger partial charge on any atom is -0.461 e. The highest BCUT2D eigenvalue weighted by Crippen LogP contribution is 2.06. The number of pyridine rings is 1. The first kappa shape index (κ1) is 14.2. The van der Waals surface area contributed by atoms with E-state index in [1.54, 1.807) is 48.5 Å². The molecule has 2 aromatic rings. The fourth-order valence-corrected chi connectivity index (χ4v) is 1.58. The average molecular weight is 275 g/mol. The maximum Gasteiger partial charge on any atom is 0.357 e. The number of hydrogen-bond acceptors (Lipinski definition) is 5. The first-order valence-corrected chi connectivity index (χ1v) is 6.37. The van der Waals surface area contributed by atoms with E-state index in [-0.39, 0.29) is 11.8 Å². The van der Waals surface area contributed by atoms with E-state index in [2.05, 4.69) is 10.1 Å². The second kappa shape index (κ2) is 6.81. The molecule has 2 aromatic heterocycles. The van der Waals surface area contributed by atoms with Gasteiger partial charge in [0.2, 0.25) is 0 Å². The topological polar surface area (TPSA) is 66.2 Å². The van der Waals surface area contributed by atoms with Crippen molar-refractivity contribution in [3.05, 3.63) is 42.4 Å². The van der Waals surface area contributed by atoms with Crippen molar-refractivity contribution in [3.8, 4) is 5.82 Å². The van der Waals surface area contributed by atoms with Crippen LogP contribution < -0.4 is 0 Å². The van der Waals surface area contributed by atoms with Crippen LogP contribution in [0.1, 0.15) is 23.8 Å². The molecule has 0 amide bonds. The van der Waals surface area contributed by atoms with E-state index in [4.69, 9.17) is 9.47 Å². The number of nitrogens with zero attached hydrogens (tertiary/aromatic N) is 3. The molecule has 0 aliphatic rings. The molecule has 0 aromatic carbocycles. The normalized spacial score (nSPS) is 12.1. The molecular formula is C14H17N3O3. The van der Waals surface area contributed by atoms with Crippen molar-refractivity contribution in [1.29, 1.82) is 0 Å². The first-order valence-electron chi connectivity index (χ1n) is 6.37. The SMILES string of the molecule is CO[C@@H](C)CCOC(=O)c1cccc(-n2cccn2)n1. The van der Waals surface area contributed by atoms with Gasteiger partial charge in [0, 0.05) is 25.9 Å². The van der Waals surface area contributed by atoms with Gasteiger partial charge in [-0.2, -0.15) is 5.10 Å². The molecule has 0 saturated carbocycles. The molecule has 0 unspecified atom stereocenters. The van der Waals surface area contributed by atoms with Gasteiger partial charge in [0.25, 0.3) is 0 Å². The lowest BCUT2D eigenvalue weighted by Crippen LogP contribution is -2.14. The Morgan fingerprint density at radius 2 is 2.25 bits per heavy atom.